The summed E-state index contributed by atoms with van der Waals surface area (Å²) in [5.74, 6) is 0.494. The van der Waals surface area contributed by atoms with Gasteiger partial charge in [-0.3, -0.25) is 9.78 Å². The van der Waals surface area contributed by atoms with Crippen molar-refractivity contribution in [2.24, 2.45) is 0 Å². The van der Waals surface area contributed by atoms with Gasteiger partial charge in [-0.15, -0.1) is 0 Å². The van der Waals surface area contributed by atoms with E-state index < -0.39 is 0 Å². The van der Waals surface area contributed by atoms with E-state index in [1.54, 1.807) is 13.3 Å². The molecule has 0 unspecified atom stereocenters. The van der Waals surface area contributed by atoms with E-state index in [1.807, 2.05) is 61.5 Å². The molecule has 0 saturated carbocycles. The Morgan fingerprint density at radius 1 is 1.08 bits per heavy atom. The molecule has 1 aliphatic heterocycles. The summed E-state index contributed by atoms with van der Waals surface area (Å²) in [4.78, 5) is 18.7. The van der Waals surface area contributed by atoms with E-state index in [0.29, 0.717) is 23.0 Å². The molecule has 2 N–H and O–H groups in total. The van der Waals surface area contributed by atoms with E-state index in [9.17, 15) is 4.79 Å². The molecule has 36 heavy (non-hydrogen) atoms. The number of aromatic nitrogens is 2. The van der Waals surface area contributed by atoms with Gasteiger partial charge in [0.25, 0.3) is 0 Å². The molecular weight excluding hydrogens is 470 g/mol. The number of hydrogen-bond donors (Lipinski definition) is 2. The number of ether oxygens (including phenoxy) is 1. The second-order valence-corrected chi connectivity index (χ2v) is 8.86. The Balaban J connectivity index is 1.57. The molecule has 4 aromatic rings. The number of rotatable bonds is 7. The third-order valence-corrected chi connectivity index (χ3v) is 6.58. The summed E-state index contributed by atoms with van der Waals surface area (Å²) in [5.41, 5.74) is 4.55. The number of benzene rings is 2. The zero-order valence-corrected chi connectivity index (χ0v) is 20.9. The average Bonchev–Trinajstić information content (AvgIpc) is 3.54. The lowest BCUT2D eigenvalue weighted by molar-refractivity contribution is -0.115. The van der Waals surface area contributed by atoms with Gasteiger partial charge in [0.2, 0.25) is 5.91 Å². The highest BCUT2D eigenvalue weighted by atomic mass is 32.1. The predicted octanol–water partition coefficient (Wildman–Crippen LogP) is 5.41. The highest BCUT2D eigenvalue weighted by Crippen LogP contribution is 2.43. The number of anilines is 2. The molecule has 3 heterocycles. The number of hydrogen-bond acceptors (Lipinski definition) is 4. The van der Waals surface area contributed by atoms with Crippen LogP contribution in [0.2, 0.25) is 0 Å². The van der Waals surface area contributed by atoms with Gasteiger partial charge in [0.15, 0.2) is 5.11 Å². The molecule has 1 amide bonds. The Hall–Kier alpha value is -4.17. The number of carbonyl (C=O) groups excluding carboxylic acids is 1. The topological polar surface area (TPSA) is 71.4 Å². The Labute approximate surface area is 215 Å². The Morgan fingerprint density at radius 2 is 1.89 bits per heavy atom. The lowest BCUT2D eigenvalue weighted by Gasteiger charge is -2.28. The fourth-order valence-corrected chi connectivity index (χ4v) is 4.84. The molecule has 0 spiro atoms. The van der Waals surface area contributed by atoms with Crippen LogP contribution < -0.4 is 20.3 Å². The second-order valence-electron chi connectivity index (χ2n) is 8.47. The van der Waals surface area contributed by atoms with Crippen molar-refractivity contribution in [2.75, 3.05) is 17.3 Å². The van der Waals surface area contributed by atoms with Crippen molar-refractivity contribution in [3.8, 4) is 11.4 Å². The van der Waals surface area contributed by atoms with Crippen LogP contribution in [-0.2, 0) is 4.79 Å². The van der Waals surface area contributed by atoms with Gasteiger partial charge in [0, 0.05) is 42.5 Å². The fourth-order valence-electron chi connectivity index (χ4n) is 4.49. The van der Waals surface area contributed by atoms with Crippen LogP contribution in [0.4, 0.5) is 11.4 Å². The van der Waals surface area contributed by atoms with Crippen molar-refractivity contribution in [1.82, 2.24) is 14.9 Å². The highest BCUT2D eigenvalue weighted by molar-refractivity contribution is 7.80. The van der Waals surface area contributed by atoms with Gasteiger partial charge in [0.05, 0.1) is 30.6 Å². The van der Waals surface area contributed by atoms with Crippen molar-refractivity contribution in [3.63, 3.8) is 0 Å². The van der Waals surface area contributed by atoms with Gasteiger partial charge in [-0.1, -0.05) is 31.2 Å². The largest absolute Gasteiger partial charge is 0.494 e. The summed E-state index contributed by atoms with van der Waals surface area (Å²) >= 11 is 5.85. The number of amides is 1. The number of nitrogens with one attached hydrogen (secondary N) is 2. The Bertz CT molecular complexity index is 1370. The molecule has 1 saturated heterocycles. The minimum absolute atomic E-state index is 0.0743. The minimum atomic E-state index is -0.157. The fraction of sp³-hybridized carbons (Fsp3) is 0.179. The molecule has 2 aromatic heterocycles. The third kappa shape index (κ3) is 4.55. The second kappa shape index (κ2) is 10.2. The molecule has 2 aromatic carbocycles. The van der Waals surface area contributed by atoms with E-state index in [0.717, 1.165) is 22.6 Å². The molecule has 2 atom stereocenters. The molecule has 182 valence electrons. The molecule has 1 fully saturated rings. The van der Waals surface area contributed by atoms with E-state index >= 15 is 0 Å². The maximum absolute atomic E-state index is 12.0. The Kier molecular flexibility index (Phi) is 6.69. The lowest BCUT2D eigenvalue weighted by Crippen LogP contribution is -2.29. The van der Waals surface area contributed by atoms with Crippen LogP contribution in [0, 0.1) is 0 Å². The van der Waals surface area contributed by atoms with Gasteiger partial charge >= 0.3 is 0 Å². The first-order valence-corrected chi connectivity index (χ1v) is 12.2. The highest BCUT2D eigenvalue weighted by Gasteiger charge is 2.41. The molecule has 0 bridgehead atoms. The third-order valence-electron chi connectivity index (χ3n) is 6.27. The smallest absolute Gasteiger partial charge is 0.224 e. The summed E-state index contributed by atoms with van der Waals surface area (Å²) in [6.45, 7) is 1.81. The standard InChI is InChI=1S/C28H27N5O2S/c1-3-25(34)30-22-13-12-21(17-24(22)35-2)33-27(26(31-28(33)36)23-11-7-8-15-29-23)19-14-16-32(18-19)20-9-5-4-6-10-20/h4-18,26-27H,3H2,1-2H3,(H,30,34)(H,31,36)/t26-,27-/m1/s1. The summed E-state index contributed by atoms with van der Waals surface area (Å²) < 4.78 is 7.72. The van der Waals surface area contributed by atoms with Gasteiger partial charge in [-0.25, -0.2) is 0 Å². The van der Waals surface area contributed by atoms with Crippen molar-refractivity contribution in [2.45, 2.75) is 25.4 Å². The van der Waals surface area contributed by atoms with E-state index in [1.165, 1.54) is 0 Å². The Morgan fingerprint density at radius 3 is 2.61 bits per heavy atom. The maximum atomic E-state index is 12.0. The van der Waals surface area contributed by atoms with Crippen molar-refractivity contribution < 1.29 is 9.53 Å². The van der Waals surface area contributed by atoms with Crippen LogP contribution in [0.25, 0.3) is 5.69 Å². The SMILES string of the molecule is CCC(=O)Nc1ccc(N2C(=S)N[C@H](c3ccccn3)[C@H]2c2ccn(-c3ccccc3)c2)cc1OC. The van der Waals surface area contributed by atoms with Gasteiger partial charge in [-0.05, 0) is 60.2 Å². The van der Waals surface area contributed by atoms with Gasteiger partial charge in [0.1, 0.15) is 5.75 Å². The van der Waals surface area contributed by atoms with Crippen LogP contribution in [0.3, 0.4) is 0 Å². The predicted molar refractivity (Wildman–Crippen MR) is 146 cm³/mol. The number of carbonyl (C=O) groups is 1. The van der Waals surface area contributed by atoms with Crippen molar-refractivity contribution in [1.29, 1.82) is 0 Å². The van der Waals surface area contributed by atoms with Crippen LogP contribution in [-0.4, -0.2) is 27.7 Å². The number of para-hydroxylation sites is 1. The normalized spacial score (nSPS) is 17.1. The summed E-state index contributed by atoms with van der Waals surface area (Å²) in [5, 5.41) is 6.97. The van der Waals surface area contributed by atoms with Gasteiger partial charge in [-0.2, -0.15) is 0 Å². The van der Waals surface area contributed by atoms with E-state index in [2.05, 4.69) is 55.7 Å². The summed E-state index contributed by atoms with van der Waals surface area (Å²) in [7, 11) is 1.59. The summed E-state index contributed by atoms with van der Waals surface area (Å²) in [6, 6.07) is 23.6. The number of methoxy groups -OCH3 is 1. The molecule has 0 radical (unpaired) electrons. The molecule has 8 heteroatoms. The average molecular weight is 498 g/mol. The molecule has 7 nitrogen and oxygen atoms in total. The van der Waals surface area contributed by atoms with Crippen molar-refractivity contribution >= 4 is 34.6 Å². The zero-order valence-electron chi connectivity index (χ0n) is 20.1. The number of thiocarbonyl (C=S) groups is 1. The molecule has 5 rings (SSSR count). The first-order valence-electron chi connectivity index (χ1n) is 11.8. The van der Waals surface area contributed by atoms with Crippen LogP contribution in [0.15, 0.2) is 91.4 Å². The van der Waals surface area contributed by atoms with Crippen LogP contribution >= 0.6 is 12.2 Å². The minimum Gasteiger partial charge on any atom is -0.494 e. The van der Waals surface area contributed by atoms with Crippen LogP contribution in [0.1, 0.15) is 36.7 Å². The van der Waals surface area contributed by atoms with E-state index in [-0.39, 0.29) is 18.0 Å². The number of pyridine rings is 1. The zero-order chi connectivity index (χ0) is 25.1. The first-order chi connectivity index (χ1) is 17.6. The van der Waals surface area contributed by atoms with Gasteiger partial charge < -0.3 is 24.8 Å². The molecule has 1 aliphatic rings. The lowest BCUT2D eigenvalue weighted by atomic mass is 9.98. The molecular formula is C28H27N5O2S. The molecule has 0 aliphatic carbocycles. The first kappa shape index (κ1) is 23.6. The quantitative estimate of drug-likeness (QED) is 0.333. The maximum Gasteiger partial charge on any atom is 0.224 e. The summed E-state index contributed by atoms with van der Waals surface area (Å²) in [6.07, 6.45) is 6.37. The van der Waals surface area contributed by atoms with E-state index in [4.69, 9.17) is 17.0 Å². The van der Waals surface area contributed by atoms with Crippen LogP contribution in [0.5, 0.6) is 5.75 Å². The van der Waals surface area contributed by atoms with Crippen molar-refractivity contribution in [3.05, 3.63) is 103 Å². The monoisotopic (exact) mass is 497 g/mol. The number of nitrogens with zero attached hydrogens (tertiary/aromatic N) is 3.